The lowest BCUT2D eigenvalue weighted by Gasteiger charge is -2.06. The molecule has 0 aliphatic heterocycles. The van der Waals surface area contributed by atoms with E-state index in [1.54, 1.807) is 12.1 Å². The molecule has 0 spiro atoms. The largest absolute Gasteiger partial charge is 0.358 e. The lowest BCUT2D eigenvalue weighted by Crippen LogP contribution is -2.30. The Kier molecular flexibility index (Phi) is 4.37. The van der Waals surface area contributed by atoms with Crippen molar-refractivity contribution >= 4 is 16.8 Å². The predicted molar refractivity (Wildman–Crippen MR) is 87.0 cm³/mol. The van der Waals surface area contributed by atoms with E-state index in [2.05, 4.69) is 10.3 Å². The van der Waals surface area contributed by atoms with E-state index in [9.17, 15) is 18.4 Å². The van der Waals surface area contributed by atoms with E-state index in [1.165, 1.54) is 36.5 Å². The zero-order valence-corrected chi connectivity index (χ0v) is 12.6. The topological polar surface area (TPSA) is 62.0 Å². The molecule has 2 aromatic carbocycles. The molecule has 0 bridgehead atoms. The zero-order chi connectivity index (χ0) is 17.1. The summed E-state index contributed by atoms with van der Waals surface area (Å²) in [4.78, 5) is 27.1. The first-order chi connectivity index (χ1) is 11.6. The van der Waals surface area contributed by atoms with E-state index >= 15 is 0 Å². The lowest BCUT2D eigenvalue weighted by molar-refractivity contribution is 0.0953. The number of carbonyl (C=O) groups is 1. The molecule has 1 amide bonds. The van der Waals surface area contributed by atoms with Gasteiger partial charge in [0.15, 0.2) is 0 Å². The average Bonchev–Trinajstić information content (AvgIpc) is 2.57. The van der Waals surface area contributed by atoms with Gasteiger partial charge in [-0.3, -0.25) is 9.59 Å². The molecule has 24 heavy (non-hydrogen) atoms. The molecule has 0 aliphatic carbocycles. The van der Waals surface area contributed by atoms with Gasteiger partial charge in [0.1, 0.15) is 17.2 Å². The van der Waals surface area contributed by atoms with Gasteiger partial charge < -0.3 is 10.3 Å². The molecule has 1 heterocycles. The van der Waals surface area contributed by atoms with Crippen molar-refractivity contribution in [1.29, 1.82) is 0 Å². The molecule has 0 fully saturated rings. The van der Waals surface area contributed by atoms with Gasteiger partial charge in [0.25, 0.3) is 5.91 Å². The van der Waals surface area contributed by atoms with E-state index in [0.29, 0.717) is 13.0 Å². The fourth-order valence-corrected chi connectivity index (χ4v) is 2.45. The number of benzene rings is 2. The van der Waals surface area contributed by atoms with Crippen molar-refractivity contribution in [2.24, 2.45) is 0 Å². The van der Waals surface area contributed by atoms with Gasteiger partial charge in [0, 0.05) is 18.1 Å². The van der Waals surface area contributed by atoms with Crippen LogP contribution in [0.3, 0.4) is 0 Å². The second kappa shape index (κ2) is 6.62. The first kappa shape index (κ1) is 15.9. The summed E-state index contributed by atoms with van der Waals surface area (Å²) in [6.07, 6.45) is 1.72. The van der Waals surface area contributed by atoms with Crippen LogP contribution in [0.4, 0.5) is 8.78 Å². The molecule has 0 unspecified atom stereocenters. The van der Waals surface area contributed by atoms with E-state index in [4.69, 9.17) is 0 Å². The number of hydrogen-bond acceptors (Lipinski definition) is 2. The number of nitrogens with one attached hydrogen (secondary N) is 2. The number of halogens is 2. The maximum absolute atomic E-state index is 13.6. The molecule has 0 saturated heterocycles. The van der Waals surface area contributed by atoms with E-state index in [-0.39, 0.29) is 22.3 Å². The Labute approximate surface area is 136 Å². The van der Waals surface area contributed by atoms with Gasteiger partial charge in [-0.15, -0.1) is 0 Å². The summed E-state index contributed by atoms with van der Waals surface area (Å²) >= 11 is 0. The van der Waals surface area contributed by atoms with E-state index in [1.807, 2.05) is 0 Å². The van der Waals surface area contributed by atoms with Crippen LogP contribution in [0.5, 0.6) is 0 Å². The van der Waals surface area contributed by atoms with Crippen molar-refractivity contribution in [2.45, 2.75) is 6.42 Å². The Morgan fingerprint density at radius 3 is 2.58 bits per heavy atom. The van der Waals surface area contributed by atoms with Gasteiger partial charge in [0.2, 0.25) is 5.43 Å². The molecule has 0 aliphatic rings. The van der Waals surface area contributed by atoms with E-state index < -0.39 is 17.2 Å². The summed E-state index contributed by atoms with van der Waals surface area (Å²) in [5.74, 6) is -1.41. The van der Waals surface area contributed by atoms with Gasteiger partial charge in [-0.1, -0.05) is 18.2 Å². The molecule has 2 N–H and O–H groups in total. The summed E-state index contributed by atoms with van der Waals surface area (Å²) in [6, 6.07) is 10.1. The van der Waals surface area contributed by atoms with Crippen LogP contribution in [-0.2, 0) is 6.42 Å². The first-order valence-electron chi connectivity index (χ1n) is 7.39. The number of rotatable bonds is 4. The van der Waals surface area contributed by atoms with Crippen molar-refractivity contribution < 1.29 is 13.6 Å². The second-order valence-corrected chi connectivity index (χ2v) is 5.33. The van der Waals surface area contributed by atoms with Crippen molar-refractivity contribution in [3.8, 4) is 0 Å². The highest BCUT2D eigenvalue weighted by atomic mass is 19.1. The predicted octanol–water partition coefficient (Wildman–Crippen LogP) is 2.78. The van der Waals surface area contributed by atoms with Crippen LogP contribution in [0.2, 0.25) is 0 Å². The molecule has 0 saturated carbocycles. The molecular weight excluding hydrogens is 314 g/mol. The molecule has 3 rings (SSSR count). The highest BCUT2D eigenvalue weighted by molar-refractivity contribution is 5.97. The van der Waals surface area contributed by atoms with Crippen molar-refractivity contribution in [2.75, 3.05) is 6.54 Å². The van der Waals surface area contributed by atoms with Crippen LogP contribution >= 0.6 is 0 Å². The molecule has 1 aromatic heterocycles. The third-order valence-electron chi connectivity index (χ3n) is 3.72. The maximum Gasteiger partial charge on any atom is 0.256 e. The summed E-state index contributed by atoms with van der Waals surface area (Å²) in [6.45, 7) is 0.297. The van der Waals surface area contributed by atoms with Gasteiger partial charge in [-0.25, -0.2) is 8.78 Å². The molecule has 122 valence electrons. The molecule has 0 atom stereocenters. The number of pyridine rings is 1. The number of aromatic nitrogens is 1. The van der Waals surface area contributed by atoms with Crippen molar-refractivity contribution in [1.82, 2.24) is 10.3 Å². The first-order valence-corrected chi connectivity index (χ1v) is 7.39. The van der Waals surface area contributed by atoms with Gasteiger partial charge in [0.05, 0.1) is 5.52 Å². The number of para-hydroxylation sites is 1. The van der Waals surface area contributed by atoms with Crippen molar-refractivity contribution in [3.63, 3.8) is 0 Å². The van der Waals surface area contributed by atoms with Gasteiger partial charge in [-0.05, 0) is 36.2 Å². The minimum atomic E-state index is -0.548. The van der Waals surface area contributed by atoms with Crippen LogP contribution in [0, 0.1) is 11.6 Å². The minimum Gasteiger partial charge on any atom is -0.358 e. The standard InChI is InChI=1S/C18H14F2N2O2/c19-12-6-4-11(5-7-12)8-9-21-18(24)14-10-22-16-13(17(14)23)2-1-3-15(16)20/h1-7,10H,8-9H2,(H,21,24)(H,22,23). The fourth-order valence-electron chi connectivity index (χ4n) is 2.45. The Balaban J connectivity index is 1.73. The number of amides is 1. The third kappa shape index (κ3) is 3.17. The van der Waals surface area contributed by atoms with Crippen LogP contribution in [-0.4, -0.2) is 17.4 Å². The molecule has 0 radical (unpaired) electrons. The summed E-state index contributed by atoms with van der Waals surface area (Å²) in [5, 5.41) is 2.76. The highest BCUT2D eigenvalue weighted by Crippen LogP contribution is 2.12. The monoisotopic (exact) mass is 328 g/mol. The quantitative estimate of drug-likeness (QED) is 0.773. The molecular formula is C18H14F2N2O2. The van der Waals surface area contributed by atoms with Crippen LogP contribution in [0.25, 0.3) is 10.9 Å². The second-order valence-electron chi connectivity index (χ2n) is 5.33. The van der Waals surface area contributed by atoms with Gasteiger partial charge >= 0.3 is 0 Å². The number of fused-ring (bicyclic) bond motifs is 1. The Bertz CT molecular complexity index is 949. The smallest absolute Gasteiger partial charge is 0.256 e. The number of carbonyl (C=O) groups excluding carboxylic acids is 1. The Morgan fingerprint density at radius 2 is 1.83 bits per heavy atom. The number of aromatic amines is 1. The Hall–Kier alpha value is -3.02. The third-order valence-corrected chi connectivity index (χ3v) is 3.72. The molecule has 3 aromatic rings. The highest BCUT2D eigenvalue weighted by Gasteiger charge is 2.14. The van der Waals surface area contributed by atoms with Crippen LogP contribution in [0.1, 0.15) is 15.9 Å². The Morgan fingerprint density at radius 1 is 1.08 bits per heavy atom. The minimum absolute atomic E-state index is 0.0744. The summed E-state index contributed by atoms with van der Waals surface area (Å²) in [7, 11) is 0. The lowest BCUT2D eigenvalue weighted by atomic mass is 10.1. The zero-order valence-electron chi connectivity index (χ0n) is 12.6. The van der Waals surface area contributed by atoms with Crippen LogP contribution in [0.15, 0.2) is 53.5 Å². The van der Waals surface area contributed by atoms with Gasteiger partial charge in [-0.2, -0.15) is 0 Å². The summed E-state index contributed by atoms with van der Waals surface area (Å²) < 4.78 is 26.4. The SMILES string of the molecule is O=C(NCCc1ccc(F)cc1)c1c[nH]c2c(F)cccc2c1=O. The fraction of sp³-hybridized carbons (Fsp3) is 0.111. The normalized spacial score (nSPS) is 10.8. The molecule has 4 nitrogen and oxygen atoms in total. The maximum atomic E-state index is 13.6. The average molecular weight is 328 g/mol. The van der Waals surface area contributed by atoms with E-state index in [0.717, 1.165) is 5.56 Å². The number of hydrogen-bond donors (Lipinski definition) is 2. The van der Waals surface area contributed by atoms with Crippen molar-refractivity contribution in [3.05, 3.63) is 81.6 Å². The van der Waals surface area contributed by atoms with Crippen LogP contribution < -0.4 is 10.7 Å². The number of H-pyrrole nitrogens is 1. The summed E-state index contributed by atoms with van der Waals surface area (Å²) in [5.41, 5.74) is 0.339. The molecule has 6 heteroatoms.